The number of nitrogens with one attached hydrogen (secondary N) is 3. The molecule has 0 fully saturated rings. The van der Waals surface area contributed by atoms with Crippen LogP contribution in [0.1, 0.15) is 40.2 Å². The van der Waals surface area contributed by atoms with E-state index in [0.717, 1.165) is 30.4 Å². The molecule has 3 aromatic rings. The van der Waals surface area contributed by atoms with Crippen LogP contribution in [0.5, 0.6) is 11.5 Å². The second kappa shape index (κ2) is 14.7. The fourth-order valence-electron chi connectivity index (χ4n) is 4.15. The number of hydrogen-bond donors (Lipinski definition) is 3. The van der Waals surface area contributed by atoms with E-state index in [1.807, 2.05) is 13.8 Å². The summed E-state index contributed by atoms with van der Waals surface area (Å²) in [5.74, 6) is -3.68. The number of nitrogens with zero attached hydrogens (tertiary/aromatic N) is 2. The number of thiocarbonyl (C=S) groups is 1. The Bertz CT molecular complexity index is 1560. The highest BCUT2D eigenvalue weighted by Gasteiger charge is 2.37. The highest BCUT2D eigenvalue weighted by Crippen LogP contribution is 2.42. The van der Waals surface area contributed by atoms with Crippen molar-refractivity contribution in [2.75, 3.05) is 25.0 Å². The number of alkyl halides is 3. The molecule has 2 aromatic heterocycles. The number of ether oxygens (including phenoxy) is 3. The predicted molar refractivity (Wildman–Crippen MR) is 178 cm³/mol. The zero-order chi connectivity index (χ0) is 35.4. The van der Waals surface area contributed by atoms with Gasteiger partial charge >= 0.3 is 12.3 Å². The Hall–Kier alpha value is -3.50. The molecule has 1 amide bonds. The largest absolute Gasteiger partial charge is 0.450 e. The maximum atomic E-state index is 15.2. The smallest absolute Gasteiger partial charge is 0.418 e. The van der Waals surface area contributed by atoms with Gasteiger partial charge in [0.2, 0.25) is 0 Å². The number of carbonyl (C=O) groups is 1. The van der Waals surface area contributed by atoms with Crippen molar-refractivity contribution in [3.8, 4) is 11.5 Å². The van der Waals surface area contributed by atoms with Crippen LogP contribution < -0.4 is 20.7 Å². The molecule has 0 saturated heterocycles. The fraction of sp³-hybridized carbons (Fsp3) is 0.516. The molecule has 0 saturated carbocycles. The topological polar surface area (TPSA) is 98.7 Å². The van der Waals surface area contributed by atoms with Gasteiger partial charge in [-0.25, -0.2) is 18.6 Å². The molecular formula is C31H42F5N5O4SSi. The number of carbonyl (C=O) groups excluding carboxylic acids is 1. The zero-order valence-corrected chi connectivity index (χ0v) is 29.6. The summed E-state index contributed by atoms with van der Waals surface area (Å²) in [4.78, 5) is 16.0. The second-order valence-electron chi connectivity index (χ2n) is 14.1. The van der Waals surface area contributed by atoms with Gasteiger partial charge in [-0.1, -0.05) is 33.5 Å². The van der Waals surface area contributed by atoms with Crippen LogP contribution in [0.15, 0.2) is 30.6 Å². The number of amides is 1. The lowest BCUT2D eigenvalue weighted by atomic mass is 9.93. The minimum absolute atomic E-state index is 0.0434. The minimum Gasteiger partial charge on any atom is -0.450 e. The third-order valence-electron chi connectivity index (χ3n) is 6.56. The van der Waals surface area contributed by atoms with Gasteiger partial charge in [-0.2, -0.15) is 13.2 Å². The van der Waals surface area contributed by atoms with E-state index in [9.17, 15) is 18.0 Å². The molecule has 0 radical (unpaired) electrons. The molecule has 47 heavy (non-hydrogen) atoms. The summed E-state index contributed by atoms with van der Waals surface area (Å²) in [7, 11) is -1.43. The highest BCUT2D eigenvalue weighted by atomic mass is 32.1. The number of hydrogen-bond acceptors (Lipinski definition) is 6. The van der Waals surface area contributed by atoms with E-state index >= 15 is 8.78 Å². The molecule has 16 heteroatoms. The van der Waals surface area contributed by atoms with Gasteiger partial charge < -0.3 is 34.7 Å². The summed E-state index contributed by atoms with van der Waals surface area (Å²) in [6, 6.07) is 3.73. The molecule has 0 aliphatic heterocycles. The Morgan fingerprint density at radius 1 is 1.02 bits per heavy atom. The van der Waals surface area contributed by atoms with Crippen molar-refractivity contribution in [3.05, 3.63) is 47.8 Å². The van der Waals surface area contributed by atoms with E-state index in [1.165, 1.54) is 10.8 Å². The molecule has 0 unspecified atom stereocenters. The Morgan fingerprint density at radius 3 is 2.21 bits per heavy atom. The van der Waals surface area contributed by atoms with Gasteiger partial charge in [-0.15, -0.1) is 0 Å². The van der Waals surface area contributed by atoms with Crippen LogP contribution in [0.3, 0.4) is 0 Å². The van der Waals surface area contributed by atoms with E-state index in [4.69, 9.17) is 26.4 Å². The lowest BCUT2D eigenvalue weighted by Gasteiger charge is -2.27. The molecule has 9 nitrogen and oxygen atoms in total. The van der Waals surface area contributed by atoms with Crippen molar-refractivity contribution in [1.82, 2.24) is 20.2 Å². The third kappa shape index (κ3) is 11.6. The molecule has 0 atom stereocenters. The number of alkyl carbamates (subject to hydrolysis) is 1. The maximum absolute atomic E-state index is 15.2. The summed E-state index contributed by atoms with van der Waals surface area (Å²) in [5, 5.41) is 7.88. The van der Waals surface area contributed by atoms with Gasteiger partial charge in [-0.05, 0) is 50.5 Å². The van der Waals surface area contributed by atoms with Gasteiger partial charge in [0.1, 0.15) is 23.7 Å². The van der Waals surface area contributed by atoms with Crippen LogP contribution in [0.2, 0.25) is 25.7 Å². The predicted octanol–water partition coefficient (Wildman–Crippen LogP) is 8.28. The van der Waals surface area contributed by atoms with Crippen molar-refractivity contribution in [2.24, 2.45) is 5.41 Å². The molecule has 260 valence electrons. The molecule has 0 aliphatic carbocycles. The first-order valence-corrected chi connectivity index (χ1v) is 19.0. The molecule has 1 aromatic carbocycles. The van der Waals surface area contributed by atoms with Crippen LogP contribution >= 0.6 is 12.2 Å². The molecule has 3 N–H and O–H groups in total. The van der Waals surface area contributed by atoms with E-state index in [2.05, 4.69) is 40.6 Å². The number of pyridine rings is 1. The van der Waals surface area contributed by atoms with Gasteiger partial charge in [0.25, 0.3) is 0 Å². The monoisotopic (exact) mass is 703 g/mol. The maximum Gasteiger partial charge on any atom is 0.418 e. The summed E-state index contributed by atoms with van der Waals surface area (Å²) in [6.45, 7) is 16.1. The number of halogens is 5. The average Bonchev–Trinajstić information content (AvgIpc) is 3.30. The lowest BCUT2D eigenvalue weighted by Crippen LogP contribution is -2.44. The third-order valence-corrected chi connectivity index (χ3v) is 8.51. The second-order valence-corrected chi connectivity index (χ2v) is 20.1. The SMILES string of the molecule is CC(C)(CNC(=O)OC(C)(C)C)CNC(=S)Nc1cc(F)c(Oc2ccnc3c2c(C(F)(F)F)cn3COCC[Si](C)(C)C)c(F)c1. The molecule has 2 heterocycles. The highest BCUT2D eigenvalue weighted by molar-refractivity contribution is 7.80. The normalized spacial score (nSPS) is 12.6. The molecule has 0 bridgehead atoms. The summed E-state index contributed by atoms with van der Waals surface area (Å²) < 4.78 is 90.1. The van der Waals surface area contributed by atoms with Gasteiger partial charge in [0, 0.05) is 58.0 Å². The van der Waals surface area contributed by atoms with Crippen LogP contribution in [0, 0.1) is 17.0 Å². The Labute approximate surface area is 277 Å². The Kier molecular flexibility index (Phi) is 11.9. The van der Waals surface area contributed by atoms with E-state index in [0.29, 0.717) is 6.61 Å². The van der Waals surface area contributed by atoms with Crippen LogP contribution in [0.25, 0.3) is 11.0 Å². The van der Waals surface area contributed by atoms with Gasteiger partial charge in [0.05, 0.1) is 10.9 Å². The summed E-state index contributed by atoms with van der Waals surface area (Å²) >= 11 is 5.26. The fourth-order valence-corrected chi connectivity index (χ4v) is 5.09. The standard InChI is InChI=1S/C31H42F5N5O4SSi/c1-29(2,3)45-28(42)39-17-30(4,5)16-38-27(46)40-19-13-21(32)25(22(33)14-19)44-23-9-10-37-26-24(23)20(31(34,35)36)15-41(26)18-43-11-12-47(6,7)8/h9-10,13-15H,11-12,16-18H2,1-8H3,(H,39,42)(H2,38,40,46). The summed E-state index contributed by atoms with van der Waals surface area (Å²) in [6.07, 6.45) is -3.34. The summed E-state index contributed by atoms with van der Waals surface area (Å²) in [5.41, 5.74) is -2.38. The van der Waals surface area contributed by atoms with Crippen molar-refractivity contribution >= 4 is 48.2 Å². The number of aromatic nitrogens is 2. The van der Waals surface area contributed by atoms with Crippen LogP contribution in [-0.4, -0.2) is 54.1 Å². The Morgan fingerprint density at radius 2 is 1.64 bits per heavy atom. The Balaban J connectivity index is 1.73. The molecule has 0 aliphatic rings. The molecular weight excluding hydrogens is 662 g/mol. The van der Waals surface area contributed by atoms with Crippen molar-refractivity contribution in [3.63, 3.8) is 0 Å². The average molecular weight is 704 g/mol. The number of anilines is 1. The van der Waals surface area contributed by atoms with Crippen molar-refractivity contribution < 1.29 is 41.0 Å². The van der Waals surface area contributed by atoms with Gasteiger partial charge in [-0.3, -0.25) is 0 Å². The van der Waals surface area contributed by atoms with E-state index in [-0.39, 0.29) is 36.3 Å². The van der Waals surface area contributed by atoms with Crippen molar-refractivity contribution in [1.29, 1.82) is 0 Å². The van der Waals surface area contributed by atoms with Crippen molar-refractivity contribution in [2.45, 2.75) is 78.8 Å². The molecule has 0 spiro atoms. The molecule has 3 rings (SSSR count). The van der Waals surface area contributed by atoms with E-state index < -0.39 is 65.4 Å². The quantitative estimate of drug-likeness (QED) is 0.0751. The van der Waals surface area contributed by atoms with Crippen LogP contribution in [-0.2, 0) is 22.4 Å². The minimum atomic E-state index is -4.81. The number of benzene rings is 1. The van der Waals surface area contributed by atoms with Gasteiger partial charge in [0.15, 0.2) is 22.5 Å². The zero-order valence-electron chi connectivity index (χ0n) is 27.7. The van der Waals surface area contributed by atoms with Crippen LogP contribution in [0.4, 0.5) is 32.4 Å². The number of rotatable bonds is 12. The first-order valence-electron chi connectivity index (χ1n) is 14.9. The lowest BCUT2D eigenvalue weighted by molar-refractivity contribution is -0.136. The number of fused-ring (bicyclic) bond motifs is 1. The first kappa shape index (κ1) is 37.9. The van der Waals surface area contributed by atoms with E-state index in [1.54, 1.807) is 20.8 Å². The first-order chi connectivity index (χ1) is 21.5.